The van der Waals surface area contributed by atoms with E-state index in [9.17, 15) is 18.7 Å². The minimum atomic E-state index is -2.60. The molecule has 0 amide bonds. The zero-order valence-electron chi connectivity index (χ0n) is 5.77. The first-order valence-corrected chi connectivity index (χ1v) is 3.25. The van der Waals surface area contributed by atoms with Crippen molar-refractivity contribution < 1.29 is 18.7 Å². The lowest BCUT2D eigenvalue weighted by atomic mass is 9.87. The molecular weight excluding hydrogens is 154 g/mol. The number of carbonyl (C=O) groups is 1. The van der Waals surface area contributed by atoms with Crippen LogP contribution in [0.4, 0.5) is 8.78 Å². The molecule has 2 nitrogen and oxygen atoms in total. The van der Waals surface area contributed by atoms with Crippen LogP contribution >= 0.6 is 0 Å². The zero-order chi connectivity index (χ0) is 8.48. The topological polar surface area (TPSA) is 40.1 Å². The van der Waals surface area contributed by atoms with Crippen LogP contribution in [-0.4, -0.2) is 11.9 Å². The van der Waals surface area contributed by atoms with Gasteiger partial charge in [-0.2, -0.15) is 0 Å². The quantitative estimate of drug-likeness (QED) is 0.552. The lowest BCUT2D eigenvalue weighted by Crippen LogP contribution is -2.29. The molecule has 0 aliphatic heterocycles. The number of carboxylic acids is 1. The first-order valence-electron chi connectivity index (χ1n) is 3.25. The Balaban J connectivity index is 2.31. The van der Waals surface area contributed by atoms with Crippen LogP contribution in [0.25, 0.3) is 0 Å². The molecule has 62 valence electrons. The monoisotopic (exact) mass is 161 g/mol. The molecule has 0 radical (unpaired) electrons. The van der Waals surface area contributed by atoms with Crippen LogP contribution in [0.1, 0.15) is 19.3 Å². The highest BCUT2D eigenvalue weighted by atomic mass is 19.3. The van der Waals surface area contributed by atoms with Crippen LogP contribution in [0, 0.1) is 0 Å². The standard InChI is InChI=1S/C7H8F2O2/c8-7(9)3-5(4-7)1-2-6(10)11/h1H,2-4H2,(H,10,11)/p-1. The van der Waals surface area contributed by atoms with E-state index in [-0.39, 0.29) is 19.3 Å². The smallest absolute Gasteiger partial charge is 0.255 e. The molecule has 1 aliphatic rings. The van der Waals surface area contributed by atoms with Gasteiger partial charge in [0.2, 0.25) is 0 Å². The number of allylic oxidation sites excluding steroid dienone is 1. The molecule has 1 rings (SSSR count). The second-order valence-corrected chi connectivity index (χ2v) is 2.65. The molecule has 0 unspecified atom stereocenters. The summed E-state index contributed by atoms with van der Waals surface area (Å²) in [5, 5.41) is 9.86. The van der Waals surface area contributed by atoms with E-state index in [1.165, 1.54) is 6.08 Å². The number of hydrogen-bond donors (Lipinski definition) is 0. The number of halogens is 2. The number of carboxylic acid groups (broad SMARTS) is 1. The van der Waals surface area contributed by atoms with Crippen molar-refractivity contribution in [1.29, 1.82) is 0 Å². The Kier molecular flexibility index (Phi) is 1.93. The van der Waals surface area contributed by atoms with Gasteiger partial charge >= 0.3 is 0 Å². The number of alkyl halides is 2. The predicted molar refractivity (Wildman–Crippen MR) is 31.9 cm³/mol. The summed E-state index contributed by atoms with van der Waals surface area (Å²) in [6, 6.07) is 0. The van der Waals surface area contributed by atoms with Gasteiger partial charge in [0, 0.05) is 25.2 Å². The van der Waals surface area contributed by atoms with Crippen molar-refractivity contribution in [3.05, 3.63) is 11.6 Å². The van der Waals surface area contributed by atoms with Gasteiger partial charge in [-0.1, -0.05) is 11.6 Å². The molecule has 0 bridgehead atoms. The van der Waals surface area contributed by atoms with Gasteiger partial charge in [0.25, 0.3) is 5.92 Å². The van der Waals surface area contributed by atoms with E-state index in [0.717, 1.165) is 0 Å². The molecule has 0 N–H and O–H groups in total. The molecule has 11 heavy (non-hydrogen) atoms. The first-order chi connectivity index (χ1) is 4.99. The van der Waals surface area contributed by atoms with E-state index in [1.54, 1.807) is 0 Å². The Morgan fingerprint density at radius 2 is 2.18 bits per heavy atom. The Morgan fingerprint density at radius 1 is 1.64 bits per heavy atom. The molecule has 1 fully saturated rings. The fourth-order valence-electron chi connectivity index (χ4n) is 0.985. The van der Waals surface area contributed by atoms with Crippen LogP contribution in [0.15, 0.2) is 11.6 Å². The summed E-state index contributed by atoms with van der Waals surface area (Å²) >= 11 is 0. The van der Waals surface area contributed by atoms with Gasteiger partial charge in [0.1, 0.15) is 0 Å². The molecular formula is C7H7F2O2-. The molecule has 1 aliphatic carbocycles. The van der Waals surface area contributed by atoms with Crippen molar-refractivity contribution in [3.63, 3.8) is 0 Å². The van der Waals surface area contributed by atoms with E-state index >= 15 is 0 Å². The van der Waals surface area contributed by atoms with Gasteiger partial charge in [0.05, 0.1) is 0 Å². The van der Waals surface area contributed by atoms with Gasteiger partial charge in [-0.15, -0.1) is 0 Å². The molecule has 0 spiro atoms. The van der Waals surface area contributed by atoms with Crippen LogP contribution in [0.3, 0.4) is 0 Å². The van der Waals surface area contributed by atoms with Gasteiger partial charge in [-0.25, -0.2) is 8.78 Å². The highest BCUT2D eigenvalue weighted by molar-refractivity contribution is 5.66. The van der Waals surface area contributed by atoms with Crippen molar-refractivity contribution in [1.82, 2.24) is 0 Å². The molecule has 0 aromatic heterocycles. The van der Waals surface area contributed by atoms with Gasteiger partial charge < -0.3 is 9.90 Å². The van der Waals surface area contributed by atoms with Crippen molar-refractivity contribution in [2.75, 3.05) is 0 Å². The van der Waals surface area contributed by atoms with E-state index < -0.39 is 11.9 Å². The summed E-state index contributed by atoms with van der Waals surface area (Å²) in [5.41, 5.74) is 0.513. The summed E-state index contributed by atoms with van der Waals surface area (Å²) in [5.74, 6) is -3.83. The second kappa shape index (κ2) is 2.60. The summed E-state index contributed by atoms with van der Waals surface area (Å²) in [7, 11) is 0. The minimum absolute atomic E-state index is 0.259. The number of rotatable bonds is 2. The van der Waals surface area contributed by atoms with Crippen molar-refractivity contribution in [3.8, 4) is 0 Å². The fourth-order valence-corrected chi connectivity index (χ4v) is 0.985. The van der Waals surface area contributed by atoms with Crippen molar-refractivity contribution >= 4 is 5.97 Å². The van der Waals surface area contributed by atoms with Crippen LogP contribution in [0.2, 0.25) is 0 Å². The maximum absolute atomic E-state index is 12.1. The highest BCUT2D eigenvalue weighted by Gasteiger charge is 2.40. The molecule has 0 aromatic rings. The third kappa shape index (κ3) is 2.29. The maximum atomic E-state index is 12.1. The fraction of sp³-hybridized carbons (Fsp3) is 0.571. The molecule has 4 heteroatoms. The Hall–Kier alpha value is -0.930. The first kappa shape index (κ1) is 8.17. The Labute approximate surface area is 62.5 Å². The van der Waals surface area contributed by atoms with E-state index in [0.29, 0.717) is 5.57 Å². The van der Waals surface area contributed by atoms with Crippen LogP contribution in [-0.2, 0) is 4.79 Å². The van der Waals surface area contributed by atoms with Crippen LogP contribution < -0.4 is 5.11 Å². The Morgan fingerprint density at radius 3 is 2.55 bits per heavy atom. The van der Waals surface area contributed by atoms with Gasteiger partial charge in [-0.05, 0) is 0 Å². The summed E-state index contributed by atoms with van der Waals surface area (Å²) in [6.45, 7) is 0. The van der Waals surface area contributed by atoms with E-state index in [2.05, 4.69) is 0 Å². The SMILES string of the molecule is O=C([O-])CC=C1CC(F)(F)C1. The molecule has 1 saturated carbocycles. The normalized spacial score (nSPS) is 20.7. The number of aliphatic carboxylic acids is 1. The third-order valence-corrected chi connectivity index (χ3v) is 1.53. The zero-order valence-corrected chi connectivity index (χ0v) is 5.77. The van der Waals surface area contributed by atoms with Crippen LogP contribution in [0.5, 0.6) is 0 Å². The molecule has 0 aromatic carbocycles. The average Bonchev–Trinajstić information content (AvgIpc) is 1.78. The van der Waals surface area contributed by atoms with E-state index in [1.807, 2.05) is 0 Å². The van der Waals surface area contributed by atoms with Crippen molar-refractivity contribution in [2.45, 2.75) is 25.2 Å². The Bertz CT molecular complexity index is 198. The molecule has 0 heterocycles. The highest BCUT2D eigenvalue weighted by Crippen LogP contribution is 2.41. The third-order valence-electron chi connectivity index (χ3n) is 1.53. The predicted octanol–water partition coefficient (Wildman–Crippen LogP) is 0.482. The molecule has 0 atom stereocenters. The largest absolute Gasteiger partial charge is 0.550 e. The average molecular weight is 161 g/mol. The molecule has 0 saturated heterocycles. The maximum Gasteiger partial charge on any atom is 0.255 e. The summed E-state index contributed by atoms with van der Waals surface area (Å²) in [4.78, 5) is 9.86. The number of hydrogen-bond acceptors (Lipinski definition) is 2. The summed E-state index contributed by atoms with van der Waals surface area (Å²) < 4.78 is 24.2. The minimum Gasteiger partial charge on any atom is -0.550 e. The van der Waals surface area contributed by atoms with Gasteiger partial charge in [0.15, 0.2) is 0 Å². The lowest BCUT2D eigenvalue weighted by molar-refractivity contribution is -0.304. The van der Waals surface area contributed by atoms with E-state index in [4.69, 9.17) is 0 Å². The van der Waals surface area contributed by atoms with Gasteiger partial charge in [-0.3, -0.25) is 0 Å². The second-order valence-electron chi connectivity index (χ2n) is 2.65. The lowest BCUT2D eigenvalue weighted by Gasteiger charge is -2.28. The number of carbonyl (C=O) groups excluding carboxylic acids is 1. The van der Waals surface area contributed by atoms with Crippen molar-refractivity contribution in [2.24, 2.45) is 0 Å². The summed E-state index contributed by atoms with van der Waals surface area (Å²) in [6.07, 6.45) is 0.457.